The largest absolute Gasteiger partial charge is 1.00 e. The Labute approximate surface area is 143 Å². The van der Waals surface area contributed by atoms with Crippen molar-refractivity contribution >= 4 is 15.9 Å². The first-order valence-electron chi connectivity index (χ1n) is 8.58. The summed E-state index contributed by atoms with van der Waals surface area (Å²) >= 11 is 3.59. The minimum atomic E-state index is 0. The molecule has 0 aliphatic carbocycles. The van der Waals surface area contributed by atoms with Gasteiger partial charge in [-0.1, -0.05) is 61.9 Å². The van der Waals surface area contributed by atoms with Crippen molar-refractivity contribution < 1.29 is 16.9 Å². The number of hydrogen-bond acceptors (Lipinski definition) is 0. The van der Waals surface area contributed by atoms with Gasteiger partial charge in [-0.2, -0.15) is 0 Å². The van der Waals surface area contributed by atoms with Gasteiger partial charge in [0.25, 0.3) is 0 Å². The first-order valence-corrected chi connectivity index (χ1v) is 9.70. The molecular weight excluding hydrogens is 334 g/mol. The van der Waals surface area contributed by atoms with Crippen molar-refractivity contribution in [1.29, 1.82) is 0 Å². The van der Waals surface area contributed by atoms with E-state index in [0.29, 0.717) is 0 Å². The lowest BCUT2D eigenvalue weighted by Gasteiger charge is -2.35. The van der Waals surface area contributed by atoms with Gasteiger partial charge in [-0.15, -0.1) is 0 Å². The van der Waals surface area contributed by atoms with Crippen LogP contribution in [0, 0.1) is 0 Å². The molecule has 0 aromatic rings. The highest BCUT2D eigenvalue weighted by Gasteiger charge is 2.19. The van der Waals surface area contributed by atoms with Crippen LogP contribution in [0.2, 0.25) is 0 Å². The van der Waals surface area contributed by atoms with Crippen LogP contribution in [0.4, 0.5) is 0 Å². The second-order valence-corrected chi connectivity index (χ2v) is 7.10. The van der Waals surface area contributed by atoms with Crippen molar-refractivity contribution in [3.8, 4) is 0 Å². The van der Waals surface area contributed by atoms with Gasteiger partial charge in [-0.25, -0.2) is 0 Å². The summed E-state index contributed by atoms with van der Waals surface area (Å²) in [5.41, 5.74) is 0. The van der Waals surface area contributed by atoms with Crippen LogP contribution < -0.4 is 12.4 Å². The van der Waals surface area contributed by atoms with E-state index in [-0.39, 0.29) is 12.4 Å². The molecule has 20 heavy (non-hydrogen) atoms. The third-order valence-corrected chi connectivity index (χ3v) is 4.75. The van der Waals surface area contributed by atoms with Gasteiger partial charge in [0, 0.05) is 11.8 Å². The summed E-state index contributed by atoms with van der Waals surface area (Å²) < 4.78 is 1.31. The Kier molecular flexibility index (Phi) is 18.5. The lowest BCUT2D eigenvalue weighted by molar-refractivity contribution is -0.910. The van der Waals surface area contributed by atoms with E-state index < -0.39 is 0 Å². The summed E-state index contributed by atoms with van der Waals surface area (Å²) in [5, 5.41) is 1.16. The van der Waals surface area contributed by atoms with Crippen LogP contribution >= 0.6 is 15.9 Å². The molecule has 0 rings (SSSR count). The summed E-state index contributed by atoms with van der Waals surface area (Å²) in [7, 11) is 2.48. The number of alkyl halides is 1. The Bertz CT molecular complexity index is 190. The minimum absolute atomic E-state index is 0. The summed E-state index contributed by atoms with van der Waals surface area (Å²) in [6, 6.07) is 0. The molecule has 1 unspecified atom stereocenters. The smallest absolute Gasteiger partial charge is 0.0792 e. The van der Waals surface area contributed by atoms with Crippen molar-refractivity contribution in [3.63, 3.8) is 0 Å². The van der Waals surface area contributed by atoms with Crippen molar-refractivity contribution in [2.45, 2.75) is 78.1 Å². The van der Waals surface area contributed by atoms with E-state index in [1.807, 2.05) is 0 Å². The Morgan fingerprint density at radius 1 is 0.650 bits per heavy atom. The first kappa shape index (κ1) is 23.0. The molecular formula is C17H37BrClN. The van der Waals surface area contributed by atoms with Crippen molar-refractivity contribution in [3.05, 3.63) is 0 Å². The van der Waals surface area contributed by atoms with Crippen LogP contribution in [0.25, 0.3) is 0 Å². The third-order valence-electron chi connectivity index (χ3n) is 4.18. The molecule has 0 radical (unpaired) electrons. The average molecular weight is 371 g/mol. The Morgan fingerprint density at radius 3 is 1.50 bits per heavy atom. The monoisotopic (exact) mass is 369 g/mol. The fourth-order valence-corrected chi connectivity index (χ4v) is 3.05. The van der Waals surface area contributed by atoms with Gasteiger partial charge in [0.15, 0.2) is 0 Å². The zero-order chi connectivity index (χ0) is 14.4. The number of unbranched alkanes of at least 4 members (excludes halogenated alkanes) is 7. The summed E-state index contributed by atoms with van der Waals surface area (Å²) in [4.78, 5) is 0. The molecule has 0 aromatic carbocycles. The maximum atomic E-state index is 3.59. The molecule has 0 saturated heterocycles. The van der Waals surface area contributed by atoms with E-state index in [1.165, 1.54) is 88.3 Å². The predicted molar refractivity (Wildman–Crippen MR) is 92.1 cm³/mol. The van der Waals surface area contributed by atoms with Gasteiger partial charge < -0.3 is 16.9 Å². The molecule has 0 N–H and O–H groups in total. The molecule has 0 fully saturated rings. The molecule has 0 aliphatic heterocycles. The predicted octanol–water partition coefficient (Wildman–Crippen LogP) is 2.77. The summed E-state index contributed by atoms with van der Waals surface area (Å²) in [5.74, 6) is 0. The fourth-order valence-electron chi connectivity index (χ4n) is 2.79. The van der Waals surface area contributed by atoms with Crippen molar-refractivity contribution in [2.24, 2.45) is 0 Å². The molecule has 1 atom stereocenters. The van der Waals surface area contributed by atoms with Gasteiger partial charge in [-0.3, -0.25) is 0 Å². The number of rotatable bonds is 14. The fraction of sp³-hybridized carbons (Fsp3) is 1.00. The van der Waals surface area contributed by atoms with E-state index in [1.54, 1.807) is 0 Å². The van der Waals surface area contributed by atoms with Crippen LogP contribution in [-0.4, -0.2) is 36.5 Å². The van der Waals surface area contributed by atoms with Crippen molar-refractivity contribution in [2.75, 3.05) is 32.0 Å². The molecule has 0 saturated carbocycles. The van der Waals surface area contributed by atoms with Crippen LogP contribution in [0.1, 0.15) is 78.1 Å². The molecule has 0 amide bonds. The zero-order valence-corrected chi connectivity index (χ0v) is 16.4. The SMILES string of the molecule is CCCCCCC[N+](C)(CCCBr)CCCCCC.[Cl-]. The van der Waals surface area contributed by atoms with Crippen LogP contribution in [0.3, 0.4) is 0 Å². The maximum Gasteiger partial charge on any atom is 0.0792 e. The lowest BCUT2D eigenvalue weighted by atomic mass is 10.1. The van der Waals surface area contributed by atoms with E-state index >= 15 is 0 Å². The first-order chi connectivity index (χ1) is 9.18. The molecule has 0 heterocycles. The Balaban J connectivity index is 0. The minimum Gasteiger partial charge on any atom is -1.00 e. The summed E-state index contributed by atoms with van der Waals surface area (Å²) in [6.07, 6.45) is 14.0. The summed E-state index contributed by atoms with van der Waals surface area (Å²) in [6.45, 7) is 8.73. The second-order valence-electron chi connectivity index (χ2n) is 6.31. The van der Waals surface area contributed by atoms with E-state index in [0.717, 1.165) is 5.33 Å². The molecule has 1 nitrogen and oxygen atoms in total. The maximum absolute atomic E-state index is 3.59. The van der Waals surface area contributed by atoms with Crippen LogP contribution in [-0.2, 0) is 0 Å². The van der Waals surface area contributed by atoms with E-state index in [4.69, 9.17) is 0 Å². The molecule has 124 valence electrons. The topological polar surface area (TPSA) is 0 Å². The number of nitrogens with zero attached hydrogens (tertiary/aromatic N) is 1. The average Bonchev–Trinajstić information content (AvgIpc) is 2.41. The highest BCUT2D eigenvalue weighted by molar-refractivity contribution is 9.09. The second kappa shape index (κ2) is 16.1. The van der Waals surface area contributed by atoms with Crippen molar-refractivity contribution in [1.82, 2.24) is 0 Å². The van der Waals surface area contributed by atoms with E-state index in [2.05, 4.69) is 36.8 Å². The molecule has 3 heteroatoms. The zero-order valence-electron chi connectivity index (χ0n) is 14.1. The normalized spacial score (nSPS) is 13.8. The molecule has 0 spiro atoms. The number of hydrogen-bond donors (Lipinski definition) is 0. The van der Waals surface area contributed by atoms with Gasteiger partial charge in [0.1, 0.15) is 0 Å². The highest BCUT2D eigenvalue weighted by atomic mass is 79.9. The van der Waals surface area contributed by atoms with Crippen LogP contribution in [0.15, 0.2) is 0 Å². The quantitative estimate of drug-likeness (QED) is 0.250. The van der Waals surface area contributed by atoms with Crippen LogP contribution in [0.5, 0.6) is 0 Å². The molecule has 0 aromatic heterocycles. The van der Waals surface area contributed by atoms with Gasteiger partial charge in [0.2, 0.25) is 0 Å². The molecule has 0 aliphatic rings. The lowest BCUT2D eigenvalue weighted by Crippen LogP contribution is -3.00. The number of quaternary nitrogens is 1. The standard InChI is InChI=1S/C17H37BrN.ClH/c1-4-6-8-10-12-16-19(3,17-13-14-18)15-11-9-7-5-2;/h4-17H2,1-3H3;1H/q+1;/p-1. The van der Waals surface area contributed by atoms with Gasteiger partial charge in [-0.05, 0) is 25.7 Å². The molecule has 0 bridgehead atoms. The highest BCUT2D eigenvalue weighted by Crippen LogP contribution is 2.13. The Hall–Kier alpha value is 0.730. The van der Waals surface area contributed by atoms with Gasteiger partial charge in [0.05, 0.1) is 26.7 Å². The van der Waals surface area contributed by atoms with Gasteiger partial charge >= 0.3 is 0 Å². The number of halogens is 2. The van der Waals surface area contributed by atoms with E-state index in [9.17, 15) is 0 Å². The third kappa shape index (κ3) is 13.7. The Morgan fingerprint density at radius 2 is 1.05 bits per heavy atom.